The molecule has 33 heavy (non-hydrogen) atoms. The molecule has 2 aromatic heterocycles. The van der Waals surface area contributed by atoms with E-state index in [2.05, 4.69) is 22.1 Å². The van der Waals surface area contributed by atoms with Gasteiger partial charge in [0.25, 0.3) is 0 Å². The zero-order chi connectivity index (χ0) is 22.6. The van der Waals surface area contributed by atoms with E-state index in [0.29, 0.717) is 21.5 Å². The fourth-order valence-electron chi connectivity index (χ4n) is 4.38. The minimum absolute atomic E-state index is 0.335. The molecule has 0 saturated heterocycles. The first kappa shape index (κ1) is 20.5. The van der Waals surface area contributed by atoms with Crippen LogP contribution in [0, 0.1) is 0 Å². The van der Waals surface area contributed by atoms with Gasteiger partial charge < -0.3 is 9.97 Å². The molecule has 3 aliphatic rings. The van der Waals surface area contributed by atoms with Crippen molar-refractivity contribution in [3.05, 3.63) is 109 Å². The third kappa shape index (κ3) is 3.74. The van der Waals surface area contributed by atoms with Crippen LogP contribution in [0.4, 0.5) is 0 Å². The lowest BCUT2D eigenvalue weighted by atomic mass is 9.86. The number of aliphatic imine (C=N–C) groups is 2. The third-order valence-corrected chi connectivity index (χ3v) is 7.21. The normalized spacial score (nSPS) is 20.8. The van der Waals surface area contributed by atoms with Crippen molar-refractivity contribution in [2.24, 2.45) is 9.98 Å². The first-order valence-electron chi connectivity index (χ1n) is 10.5. The number of hydrogen-bond acceptors (Lipinski definition) is 2. The minimum atomic E-state index is -0.719. The number of aromatic amines is 2. The molecule has 0 fully saturated rings. The van der Waals surface area contributed by atoms with Gasteiger partial charge in [0.05, 0.1) is 32.2 Å². The van der Waals surface area contributed by atoms with E-state index in [9.17, 15) is 0 Å². The summed E-state index contributed by atoms with van der Waals surface area (Å²) in [5, 5.41) is 3.09. The minimum Gasteiger partial charge on any atom is -0.359 e. The van der Waals surface area contributed by atoms with E-state index in [1.807, 2.05) is 60.7 Å². The molecule has 1 atom stereocenters. The number of nitrogens with zero attached hydrogens (tertiary/aromatic N) is 2. The molecule has 8 bridgehead atoms. The highest BCUT2D eigenvalue weighted by Gasteiger charge is 2.36. The summed E-state index contributed by atoms with van der Waals surface area (Å²) in [7, 11) is 0. The largest absolute Gasteiger partial charge is 0.359 e. The summed E-state index contributed by atoms with van der Waals surface area (Å²) in [6, 6.07) is 11.8. The second-order valence-corrected chi connectivity index (χ2v) is 9.39. The maximum Gasteiger partial charge on any atom is 0.112 e. The van der Waals surface area contributed by atoms with E-state index in [1.54, 1.807) is 6.07 Å². The van der Waals surface area contributed by atoms with Crippen molar-refractivity contribution in [3.63, 3.8) is 0 Å². The Morgan fingerprint density at radius 3 is 2.42 bits per heavy atom. The molecule has 7 heteroatoms. The molecule has 4 nitrogen and oxygen atoms in total. The summed E-state index contributed by atoms with van der Waals surface area (Å²) < 4.78 is 0. The molecule has 162 valence electrons. The molecule has 3 aliphatic heterocycles. The second kappa shape index (κ2) is 7.77. The van der Waals surface area contributed by atoms with Gasteiger partial charge in [-0.3, -0.25) is 4.99 Å². The number of nitrogens with one attached hydrogen (secondary N) is 2. The molecule has 0 aliphatic carbocycles. The quantitative estimate of drug-likeness (QED) is 0.430. The van der Waals surface area contributed by atoms with Gasteiger partial charge in [-0.05, 0) is 66.8 Å². The van der Waals surface area contributed by atoms with Gasteiger partial charge in [0.15, 0.2) is 0 Å². The number of fused-ring (bicyclic) bond motifs is 6. The first-order valence-corrected chi connectivity index (χ1v) is 11.6. The van der Waals surface area contributed by atoms with Crippen LogP contribution < -0.4 is 10.7 Å². The van der Waals surface area contributed by atoms with Crippen LogP contribution in [0.5, 0.6) is 0 Å². The van der Waals surface area contributed by atoms with Crippen molar-refractivity contribution in [3.8, 4) is 0 Å². The van der Waals surface area contributed by atoms with Gasteiger partial charge in [-0.2, -0.15) is 0 Å². The summed E-state index contributed by atoms with van der Waals surface area (Å²) in [6.07, 6.45) is 14.8. The Balaban J connectivity index is 1.57. The lowest BCUT2D eigenvalue weighted by Crippen LogP contribution is -2.24. The fraction of sp³-hybridized carbons (Fsp3) is 0.0769. The SMILES string of the molecule is Clc1ccc(C23C=CC(=N2)C=c2ccc([nH]2)=CC2=NC(=Cc4ccc([nH]4)C3)C=C2)c(Cl)c1Cl. The van der Waals surface area contributed by atoms with Crippen molar-refractivity contribution in [2.45, 2.75) is 12.0 Å². The van der Waals surface area contributed by atoms with E-state index in [0.717, 1.165) is 44.8 Å². The van der Waals surface area contributed by atoms with Crippen LogP contribution in [0.2, 0.25) is 15.1 Å². The number of benzene rings is 1. The number of halogens is 3. The van der Waals surface area contributed by atoms with Crippen molar-refractivity contribution < 1.29 is 0 Å². The Labute approximate surface area is 205 Å². The summed E-state index contributed by atoms with van der Waals surface area (Å²) in [4.78, 5) is 16.7. The highest BCUT2D eigenvalue weighted by atomic mass is 35.5. The van der Waals surface area contributed by atoms with Crippen molar-refractivity contribution in [1.29, 1.82) is 0 Å². The van der Waals surface area contributed by atoms with Crippen LogP contribution >= 0.6 is 34.8 Å². The molecule has 0 saturated carbocycles. The molecule has 0 spiro atoms. The zero-order valence-electron chi connectivity index (χ0n) is 17.2. The molecular formula is C26H17Cl3N4. The molecule has 1 aromatic carbocycles. The van der Waals surface area contributed by atoms with Gasteiger partial charge in [-0.15, -0.1) is 0 Å². The molecule has 0 radical (unpaired) electrons. The molecule has 5 heterocycles. The standard InChI is InChI=1S/C26H17Cl3N4/c27-23-8-7-22(24(28)25(23)29)26-10-9-20(33-26)13-19-4-3-16(31-19)11-15-1-2-17(30-15)12-18-5-6-21(14-26)32-18/h1-13,31-32H,14H2. The maximum absolute atomic E-state index is 6.69. The Kier molecular flexibility index (Phi) is 4.84. The number of rotatable bonds is 1. The molecule has 2 N–H and O–H groups in total. The lowest BCUT2D eigenvalue weighted by Gasteiger charge is -2.26. The average molecular weight is 492 g/mol. The lowest BCUT2D eigenvalue weighted by molar-refractivity contribution is 0.565. The summed E-state index contributed by atoms with van der Waals surface area (Å²) >= 11 is 19.3. The summed E-state index contributed by atoms with van der Waals surface area (Å²) in [6.45, 7) is 0. The number of aromatic nitrogens is 2. The van der Waals surface area contributed by atoms with E-state index < -0.39 is 5.54 Å². The van der Waals surface area contributed by atoms with Crippen molar-refractivity contribution in [2.75, 3.05) is 0 Å². The van der Waals surface area contributed by atoms with Crippen LogP contribution in [-0.4, -0.2) is 21.4 Å². The molecule has 6 rings (SSSR count). The number of hydrogen-bond donors (Lipinski definition) is 2. The van der Waals surface area contributed by atoms with E-state index in [4.69, 9.17) is 44.8 Å². The van der Waals surface area contributed by atoms with E-state index in [1.165, 1.54) is 0 Å². The average Bonchev–Trinajstić information content (AvgIpc) is 3.58. The van der Waals surface area contributed by atoms with E-state index in [-0.39, 0.29) is 0 Å². The Bertz CT molecular complexity index is 1580. The highest BCUT2D eigenvalue weighted by Crippen LogP contribution is 2.43. The molecule has 3 aromatic rings. The topological polar surface area (TPSA) is 56.3 Å². The molecule has 1 unspecified atom stereocenters. The number of H-pyrrole nitrogens is 2. The van der Waals surface area contributed by atoms with Crippen LogP contribution in [0.1, 0.15) is 17.0 Å². The summed E-state index contributed by atoms with van der Waals surface area (Å²) in [5.74, 6) is 0. The predicted octanol–water partition coefficient (Wildman–Crippen LogP) is 5.38. The summed E-state index contributed by atoms with van der Waals surface area (Å²) in [5.41, 5.74) is 4.71. The maximum atomic E-state index is 6.69. The third-order valence-electron chi connectivity index (χ3n) is 5.91. The monoisotopic (exact) mass is 490 g/mol. The molecular weight excluding hydrogens is 475 g/mol. The Morgan fingerprint density at radius 2 is 1.58 bits per heavy atom. The second-order valence-electron chi connectivity index (χ2n) is 8.23. The van der Waals surface area contributed by atoms with Crippen LogP contribution in [-0.2, 0) is 12.0 Å². The molecule has 0 amide bonds. The van der Waals surface area contributed by atoms with Crippen molar-refractivity contribution in [1.82, 2.24) is 9.97 Å². The van der Waals surface area contributed by atoms with Crippen molar-refractivity contribution >= 4 is 64.5 Å². The van der Waals surface area contributed by atoms with Gasteiger partial charge >= 0.3 is 0 Å². The van der Waals surface area contributed by atoms with E-state index >= 15 is 0 Å². The number of allylic oxidation sites excluding steroid dienone is 3. The van der Waals surface area contributed by atoms with Crippen LogP contribution in [0.15, 0.2) is 76.4 Å². The fourth-order valence-corrected chi connectivity index (χ4v) is 5.08. The Hall–Kier alpha value is -3.05. The predicted molar refractivity (Wildman–Crippen MR) is 138 cm³/mol. The van der Waals surface area contributed by atoms with Gasteiger partial charge in [-0.25, -0.2) is 4.99 Å². The van der Waals surface area contributed by atoms with Crippen LogP contribution in [0.3, 0.4) is 0 Å². The highest BCUT2D eigenvalue weighted by molar-refractivity contribution is 6.48. The first-order chi connectivity index (χ1) is 16.0. The van der Waals surface area contributed by atoms with Gasteiger partial charge in [0, 0.05) is 34.1 Å². The van der Waals surface area contributed by atoms with Gasteiger partial charge in [0.2, 0.25) is 0 Å². The van der Waals surface area contributed by atoms with Gasteiger partial charge in [-0.1, -0.05) is 46.9 Å². The van der Waals surface area contributed by atoms with Crippen LogP contribution in [0.25, 0.3) is 18.2 Å². The van der Waals surface area contributed by atoms with Gasteiger partial charge in [0.1, 0.15) is 5.54 Å². The Morgan fingerprint density at radius 1 is 0.758 bits per heavy atom. The smallest absolute Gasteiger partial charge is 0.112 e. The zero-order valence-corrected chi connectivity index (χ0v) is 19.5.